The maximum Gasteiger partial charge on any atom is 0.189 e. The molecule has 1 aromatic carbocycles. The Morgan fingerprint density at radius 1 is 1.12 bits per heavy atom. The molecule has 0 amide bonds. The number of hydrogen-bond acceptors (Lipinski definition) is 4. The van der Waals surface area contributed by atoms with Gasteiger partial charge in [0.25, 0.3) is 0 Å². The van der Waals surface area contributed by atoms with Gasteiger partial charge >= 0.3 is 0 Å². The van der Waals surface area contributed by atoms with Crippen molar-refractivity contribution in [2.75, 3.05) is 6.54 Å². The predicted molar refractivity (Wildman–Crippen MR) is 64.1 cm³/mol. The molecular formula is C12H13NO3S. The molecule has 5 heteroatoms. The van der Waals surface area contributed by atoms with Crippen LogP contribution in [0.4, 0.5) is 0 Å². The topological polar surface area (TPSA) is 73.3 Å². The van der Waals surface area contributed by atoms with E-state index in [1.165, 1.54) is 6.26 Å². The minimum absolute atomic E-state index is 0.00919. The van der Waals surface area contributed by atoms with E-state index in [1.54, 1.807) is 42.5 Å². The van der Waals surface area contributed by atoms with Crippen molar-refractivity contribution in [2.45, 2.75) is 10.1 Å². The Labute approximate surface area is 100.0 Å². The van der Waals surface area contributed by atoms with Crippen molar-refractivity contribution < 1.29 is 12.8 Å². The van der Waals surface area contributed by atoms with Crippen LogP contribution in [-0.4, -0.2) is 15.0 Å². The molecule has 1 atom stereocenters. The Bertz CT molecular complexity index is 561. The lowest BCUT2D eigenvalue weighted by Gasteiger charge is -2.13. The van der Waals surface area contributed by atoms with Crippen LogP contribution in [0.5, 0.6) is 0 Å². The van der Waals surface area contributed by atoms with E-state index in [-0.39, 0.29) is 11.4 Å². The molecule has 2 rings (SSSR count). The summed E-state index contributed by atoms with van der Waals surface area (Å²) in [5, 5.41) is -0.833. The maximum atomic E-state index is 12.3. The molecule has 0 spiro atoms. The number of nitrogens with two attached hydrogens (primary N) is 1. The average Bonchev–Trinajstić information content (AvgIpc) is 2.84. The van der Waals surface area contributed by atoms with Gasteiger partial charge in [-0.15, -0.1) is 0 Å². The molecule has 2 N–H and O–H groups in total. The van der Waals surface area contributed by atoms with Gasteiger partial charge in [0.1, 0.15) is 11.0 Å². The van der Waals surface area contributed by atoms with Crippen LogP contribution in [-0.2, 0) is 9.84 Å². The first-order chi connectivity index (χ1) is 8.16. The van der Waals surface area contributed by atoms with Crippen LogP contribution in [0, 0.1) is 0 Å². The van der Waals surface area contributed by atoms with E-state index in [9.17, 15) is 8.42 Å². The summed E-state index contributed by atoms with van der Waals surface area (Å²) in [5.41, 5.74) is 5.55. The lowest BCUT2D eigenvalue weighted by atomic mass is 10.3. The van der Waals surface area contributed by atoms with E-state index in [0.717, 1.165) is 0 Å². The monoisotopic (exact) mass is 251 g/mol. The summed E-state index contributed by atoms with van der Waals surface area (Å²) in [7, 11) is -3.49. The Morgan fingerprint density at radius 2 is 1.82 bits per heavy atom. The SMILES string of the molecule is NCC(c1ccco1)S(=O)(=O)c1ccccc1. The Balaban J connectivity index is 2.45. The molecule has 90 valence electrons. The van der Waals surface area contributed by atoms with Crippen molar-refractivity contribution >= 4 is 9.84 Å². The highest BCUT2D eigenvalue weighted by Gasteiger charge is 2.29. The lowest BCUT2D eigenvalue weighted by Crippen LogP contribution is -2.21. The number of hydrogen-bond donors (Lipinski definition) is 1. The summed E-state index contributed by atoms with van der Waals surface area (Å²) in [5.74, 6) is 0.372. The summed E-state index contributed by atoms with van der Waals surface area (Å²) in [4.78, 5) is 0.256. The Kier molecular flexibility index (Phi) is 3.31. The highest BCUT2D eigenvalue weighted by atomic mass is 32.2. The van der Waals surface area contributed by atoms with E-state index in [0.29, 0.717) is 5.76 Å². The van der Waals surface area contributed by atoms with Crippen molar-refractivity contribution in [1.29, 1.82) is 0 Å². The first-order valence-corrected chi connectivity index (χ1v) is 6.73. The molecule has 17 heavy (non-hydrogen) atoms. The third-order valence-corrected chi connectivity index (χ3v) is 4.62. The molecule has 2 aromatic rings. The number of benzene rings is 1. The third kappa shape index (κ3) is 2.25. The molecule has 0 bridgehead atoms. The fourth-order valence-corrected chi connectivity index (χ4v) is 3.20. The summed E-state index contributed by atoms with van der Waals surface area (Å²) in [6.07, 6.45) is 1.44. The molecule has 0 aliphatic carbocycles. The van der Waals surface area contributed by atoms with Crippen LogP contribution in [0.2, 0.25) is 0 Å². The first kappa shape index (κ1) is 11.9. The second-order valence-electron chi connectivity index (χ2n) is 3.60. The third-order valence-electron chi connectivity index (χ3n) is 2.52. The Hall–Kier alpha value is -1.59. The molecule has 1 aromatic heterocycles. The molecule has 1 unspecified atom stereocenters. The van der Waals surface area contributed by atoms with Crippen molar-refractivity contribution in [1.82, 2.24) is 0 Å². The van der Waals surface area contributed by atoms with Gasteiger partial charge in [-0.25, -0.2) is 8.42 Å². The molecule has 0 aliphatic heterocycles. The lowest BCUT2D eigenvalue weighted by molar-refractivity contribution is 0.492. The molecule has 1 heterocycles. The minimum atomic E-state index is -3.49. The van der Waals surface area contributed by atoms with Crippen molar-refractivity contribution in [3.05, 3.63) is 54.5 Å². The molecule has 0 aliphatic rings. The largest absolute Gasteiger partial charge is 0.468 e. The summed E-state index contributed by atoms with van der Waals surface area (Å²) in [6.45, 7) is -0.00919. The summed E-state index contributed by atoms with van der Waals surface area (Å²) >= 11 is 0. The van der Waals surface area contributed by atoms with E-state index >= 15 is 0 Å². The van der Waals surface area contributed by atoms with Crippen LogP contribution in [0.25, 0.3) is 0 Å². The smallest absolute Gasteiger partial charge is 0.189 e. The van der Waals surface area contributed by atoms with Gasteiger partial charge in [-0.05, 0) is 24.3 Å². The van der Waals surface area contributed by atoms with Gasteiger partial charge in [0.15, 0.2) is 9.84 Å². The van der Waals surface area contributed by atoms with Gasteiger partial charge in [-0.1, -0.05) is 18.2 Å². The van der Waals surface area contributed by atoms with Gasteiger partial charge in [0.05, 0.1) is 11.2 Å². The van der Waals surface area contributed by atoms with Crippen molar-refractivity contribution in [3.63, 3.8) is 0 Å². The van der Waals surface area contributed by atoms with E-state index < -0.39 is 15.1 Å². The summed E-state index contributed by atoms with van der Waals surface area (Å²) in [6, 6.07) is 11.5. The summed E-state index contributed by atoms with van der Waals surface area (Å²) < 4.78 is 29.8. The molecule has 0 fully saturated rings. The van der Waals surface area contributed by atoms with Gasteiger partial charge in [0.2, 0.25) is 0 Å². The maximum absolute atomic E-state index is 12.3. The molecule has 4 nitrogen and oxygen atoms in total. The zero-order valence-corrected chi connectivity index (χ0v) is 9.93. The zero-order chi connectivity index (χ0) is 12.3. The molecule has 0 radical (unpaired) electrons. The van der Waals surface area contributed by atoms with Gasteiger partial charge in [-0.3, -0.25) is 0 Å². The van der Waals surface area contributed by atoms with Crippen LogP contribution in [0.3, 0.4) is 0 Å². The predicted octanol–water partition coefficient (Wildman–Crippen LogP) is 1.75. The van der Waals surface area contributed by atoms with Gasteiger partial charge < -0.3 is 10.2 Å². The van der Waals surface area contributed by atoms with E-state index in [1.807, 2.05) is 0 Å². The highest BCUT2D eigenvalue weighted by Crippen LogP contribution is 2.27. The van der Waals surface area contributed by atoms with Crippen molar-refractivity contribution in [3.8, 4) is 0 Å². The average molecular weight is 251 g/mol. The van der Waals surface area contributed by atoms with Crippen molar-refractivity contribution in [2.24, 2.45) is 5.73 Å². The molecular weight excluding hydrogens is 238 g/mol. The van der Waals surface area contributed by atoms with Crippen LogP contribution >= 0.6 is 0 Å². The standard InChI is InChI=1S/C12H13NO3S/c13-9-12(11-7-4-8-16-11)17(14,15)10-5-2-1-3-6-10/h1-8,12H,9,13H2. The molecule has 0 saturated carbocycles. The normalized spacial score (nSPS) is 13.5. The fraction of sp³-hybridized carbons (Fsp3) is 0.167. The number of rotatable bonds is 4. The van der Waals surface area contributed by atoms with Crippen LogP contribution in [0.1, 0.15) is 11.0 Å². The van der Waals surface area contributed by atoms with E-state index in [4.69, 9.17) is 10.2 Å². The van der Waals surface area contributed by atoms with Gasteiger partial charge in [0, 0.05) is 6.54 Å². The van der Waals surface area contributed by atoms with Gasteiger partial charge in [-0.2, -0.15) is 0 Å². The quantitative estimate of drug-likeness (QED) is 0.898. The number of furan rings is 1. The fourth-order valence-electron chi connectivity index (χ4n) is 1.64. The second kappa shape index (κ2) is 4.73. The first-order valence-electron chi connectivity index (χ1n) is 5.18. The zero-order valence-electron chi connectivity index (χ0n) is 9.11. The number of sulfone groups is 1. The van der Waals surface area contributed by atoms with Crippen LogP contribution < -0.4 is 5.73 Å². The van der Waals surface area contributed by atoms with Crippen LogP contribution in [0.15, 0.2) is 58.0 Å². The Morgan fingerprint density at radius 3 is 2.35 bits per heavy atom. The second-order valence-corrected chi connectivity index (χ2v) is 5.73. The highest BCUT2D eigenvalue weighted by molar-refractivity contribution is 7.91. The molecule has 0 saturated heterocycles. The minimum Gasteiger partial charge on any atom is -0.468 e. The van der Waals surface area contributed by atoms with E-state index in [2.05, 4.69) is 0 Å².